The van der Waals surface area contributed by atoms with E-state index in [9.17, 15) is 4.79 Å². The molecule has 5 heteroatoms. The molecule has 23 heavy (non-hydrogen) atoms. The summed E-state index contributed by atoms with van der Waals surface area (Å²) in [5.41, 5.74) is 0.384. The maximum absolute atomic E-state index is 12.5. The van der Waals surface area contributed by atoms with Gasteiger partial charge in [0.05, 0.1) is 0 Å². The number of nitrogens with zero attached hydrogens (tertiary/aromatic N) is 3. The molecule has 2 aliphatic rings. The molecule has 0 aromatic carbocycles. The highest BCUT2D eigenvalue weighted by Gasteiger charge is 2.43. The third kappa shape index (κ3) is 3.16. The lowest BCUT2D eigenvalue weighted by Gasteiger charge is -2.32. The minimum atomic E-state index is -0.198. The Kier molecular flexibility index (Phi) is 4.76. The molecule has 0 saturated carbocycles. The number of imidazole rings is 1. The zero-order valence-electron chi connectivity index (χ0n) is 14.7. The van der Waals surface area contributed by atoms with E-state index < -0.39 is 0 Å². The van der Waals surface area contributed by atoms with Crippen LogP contribution in [0.15, 0.2) is 12.4 Å². The third-order valence-electron chi connectivity index (χ3n) is 5.71. The van der Waals surface area contributed by atoms with Crippen LogP contribution in [0, 0.1) is 0 Å². The minimum absolute atomic E-state index is 0.101. The topological polar surface area (TPSA) is 50.2 Å². The van der Waals surface area contributed by atoms with E-state index in [0.717, 1.165) is 18.8 Å². The van der Waals surface area contributed by atoms with Crippen LogP contribution < -0.4 is 5.32 Å². The molecule has 1 aromatic rings. The maximum Gasteiger partial charge on any atom is 0.242 e. The Morgan fingerprint density at radius 2 is 2.00 bits per heavy atom. The molecule has 0 aliphatic carbocycles. The second-order valence-electron chi connectivity index (χ2n) is 7.48. The van der Waals surface area contributed by atoms with Crippen LogP contribution in [0.25, 0.3) is 0 Å². The van der Waals surface area contributed by atoms with Gasteiger partial charge in [-0.25, -0.2) is 4.98 Å². The fourth-order valence-corrected chi connectivity index (χ4v) is 4.43. The summed E-state index contributed by atoms with van der Waals surface area (Å²) in [7, 11) is 0. The molecule has 1 atom stereocenters. The second-order valence-corrected chi connectivity index (χ2v) is 7.48. The summed E-state index contributed by atoms with van der Waals surface area (Å²) in [6, 6.07) is -0.198. The first-order chi connectivity index (χ1) is 11.0. The van der Waals surface area contributed by atoms with Gasteiger partial charge in [-0.3, -0.25) is 9.69 Å². The molecule has 3 rings (SSSR count). The first-order valence-corrected chi connectivity index (χ1v) is 9.09. The van der Waals surface area contributed by atoms with Crippen molar-refractivity contribution in [3.8, 4) is 0 Å². The number of aromatic nitrogens is 2. The number of nitrogens with one attached hydrogen (secondary N) is 1. The molecule has 1 amide bonds. The molecule has 2 aliphatic heterocycles. The van der Waals surface area contributed by atoms with Crippen molar-refractivity contribution in [1.82, 2.24) is 19.8 Å². The molecule has 5 nitrogen and oxygen atoms in total. The van der Waals surface area contributed by atoms with Gasteiger partial charge < -0.3 is 9.88 Å². The Morgan fingerprint density at radius 3 is 2.65 bits per heavy atom. The van der Waals surface area contributed by atoms with Crippen molar-refractivity contribution in [3.63, 3.8) is 0 Å². The van der Waals surface area contributed by atoms with Crippen LogP contribution in [0.3, 0.4) is 0 Å². The fourth-order valence-electron chi connectivity index (χ4n) is 4.43. The summed E-state index contributed by atoms with van der Waals surface area (Å²) < 4.78 is 2.00. The Labute approximate surface area is 139 Å². The van der Waals surface area contributed by atoms with E-state index in [2.05, 4.69) is 29.0 Å². The van der Waals surface area contributed by atoms with Gasteiger partial charge in [0.2, 0.25) is 5.91 Å². The third-order valence-corrected chi connectivity index (χ3v) is 5.71. The van der Waals surface area contributed by atoms with Crippen molar-refractivity contribution >= 4 is 5.91 Å². The van der Waals surface area contributed by atoms with Crippen molar-refractivity contribution in [1.29, 1.82) is 0 Å². The van der Waals surface area contributed by atoms with E-state index in [1.165, 1.54) is 38.8 Å². The number of amides is 1. The second kappa shape index (κ2) is 6.63. The molecule has 128 valence electrons. The van der Waals surface area contributed by atoms with E-state index in [0.29, 0.717) is 11.5 Å². The highest BCUT2D eigenvalue weighted by Crippen LogP contribution is 2.40. The quantitative estimate of drug-likeness (QED) is 0.877. The summed E-state index contributed by atoms with van der Waals surface area (Å²) in [5, 5.41) is 3.16. The molecule has 0 bridgehead atoms. The number of carbonyl (C=O) groups is 1. The van der Waals surface area contributed by atoms with Crippen molar-refractivity contribution < 1.29 is 4.79 Å². The van der Waals surface area contributed by atoms with E-state index >= 15 is 0 Å². The first-order valence-electron chi connectivity index (χ1n) is 9.09. The Hall–Kier alpha value is -1.36. The Bertz CT molecular complexity index is 541. The monoisotopic (exact) mass is 318 g/mol. The molecular formula is C18H30N4O. The van der Waals surface area contributed by atoms with Gasteiger partial charge in [-0.1, -0.05) is 13.8 Å². The van der Waals surface area contributed by atoms with Crippen molar-refractivity contribution in [2.24, 2.45) is 0 Å². The van der Waals surface area contributed by atoms with Gasteiger partial charge in [0, 0.05) is 30.4 Å². The summed E-state index contributed by atoms with van der Waals surface area (Å²) >= 11 is 0. The molecule has 1 N–H and O–H groups in total. The van der Waals surface area contributed by atoms with Crippen LogP contribution in [0.1, 0.15) is 70.7 Å². The highest BCUT2D eigenvalue weighted by atomic mass is 16.2. The standard InChI is InChI=1S/C18H30N4O/c1-14(2)16-19-10-13-22(16)15(3)17(23)20-9-8-18-6-4-11-21(18)12-5-7-18/h10,13-15H,4-9,11-12H2,1-3H3,(H,20,23)/t15-/m0/s1. The normalized spacial score (nSPS) is 21.6. The van der Waals surface area contributed by atoms with Crippen LogP contribution in [0.4, 0.5) is 0 Å². The number of hydrogen-bond acceptors (Lipinski definition) is 3. The molecule has 0 radical (unpaired) electrons. The van der Waals surface area contributed by atoms with Gasteiger partial charge in [-0.15, -0.1) is 0 Å². The summed E-state index contributed by atoms with van der Waals surface area (Å²) in [6.07, 6.45) is 10.0. The largest absolute Gasteiger partial charge is 0.354 e. The average molecular weight is 318 g/mol. The van der Waals surface area contributed by atoms with E-state index in [1.54, 1.807) is 6.20 Å². The molecular weight excluding hydrogens is 288 g/mol. The van der Waals surface area contributed by atoms with Crippen LogP contribution in [-0.2, 0) is 4.79 Å². The lowest BCUT2D eigenvalue weighted by Crippen LogP contribution is -2.42. The van der Waals surface area contributed by atoms with Crippen molar-refractivity contribution in [2.45, 2.75) is 70.4 Å². The number of fused-ring (bicyclic) bond motifs is 1. The van der Waals surface area contributed by atoms with E-state index in [-0.39, 0.29) is 11.9 Å². The molecule has 0 spiro atoms. The SMILES string of the molecule is CC(C)c1nccn1[C@@H](C)C(=O)NCCC12CCCN1CCC2. The molecule has 1 aromatic heterocycles. The average Bonchev–Trinajstić information content (AvgIpc) is 3.20. The first kappa shape index (κ1) is 16.5. The smallest absolute Gasteiger partial charge is 0.242 e. The van der Waals surface area contributed by atoms with Crippen molar-refractivity contribution in [3.05, 3.63) is 18.2 Å². The van der Waals surface area contributed by atoms with Crippen LogP contribution >= 0.6 is 0 Å². The molecule has 0 unspecified atom stereocenters. The predicted molar refractivity (Wildman–Crippen MR) is 91.4 cm³/mol. The van der Waals surface area contributed by atoms with Crippen LogP contribution in [0.2, 0.25) is 0 Å². The van der Waals surface area contributed by atoms with Gasteiger partial charge in [0.1, 0.15) is 11.9 Å². The van der Waals surface area contributed by atoms with Crippen molar-refractivity contribution in [2.75, 3.05) is 19.6 Å². The summed E-state index contributed by atoms with van der Waals surface area (Å²) in [6.45, 7) is 9.45. The highest BCUT2D eigenvalue weighted by molar-refractivity contribution is 5.79. The summed E-state index contributed by atoms with van der Waals surface area (Å²) in [5.74, 6) is 1.40. The Balaban J connectivity index is 1.54. The molecule has 2 fully saturated rings. The lowest BCUT2D eigenvalue weighted by molar-refractivity contribution is -0.124. The van der Waals surface area contributed by atoms with Gasteiger partial charge in [-0.05, 0) is 52.1 Å². The van der Waals surface area contributed by atoms with Gasteiger partial charge in [-0.2, -0.15) is 0 Å². The fraction of sp³-hybridized carbons (Fsp3) is 0.778. The maximum atomic E-state index is 12.5. The van der Waals surface area contributed by atoms with Crippen LogP contribution in [-0.4, -0.2) is 45.5 Å². The zero-order chi connectivity index (χ0) is 16.4. The van der Waals surface area contributed by atoms with Crippen LogP contribution in [0.5, 0.6) is 0 Å². The van der Waals surface area contributed by atoms with E-state index in [4.69, 9.17) is 0 Å². The van der Waals surface area contributed by atoms with Gasteiger partial charge in [0.15, 0.2) is 0 Å². The van der Waals surface area contributed by atoms with Gasteiger partial charge in [0.25, 0.3) is 0 Å². The predicted octanol–water partition coefficient (Wildman–Crippen LogP) is 2.70. The number of hydrogen-bond donors (Lipinski definition) is 1. The summed E-state index contributed by atoms with van der Waals surface area (Å²) in [4.78, 5) is 19.5. The number of rotatable bonds is 6. The molecule has 2 saturated heterocycles. The zero-order valence-corrected chi connectivity index (χ0v) is 14.7. The van der Waals surface area contributed by atoms with E-state index in [1.807, 2.05) is 17.7 Å². The minimum Gasteiger partial charge on any atom is -0.354 e. The lowest BCUT2D eigenvalue weighted by atomic mass is 9.90. The Morgan fingerprint density at radius 1 is 1.30 bits per heavy atom. The molecule has 3 heterocycles. The van der Waals surface area contributed by atoms with Gasteiger partial charge >= 0.3 is 0 Å². The number of carbonyl (C=O) groups excluding carboxylic acids is 1.